The number of rotatable bonds is 9. The van der Waals surface area contributed by atoms with Crippen LogP contribution < -0.4 is 14.8 Å². The summed E-state index contributed by atoms with van der Waals surface area (Å²) < 4.78 is 10.7. The molecule has 25 heavy (non-hydrogen) atoms. The Morgan fingerprint density at radius 3 is 2.60 bits per heavy atom. The molecule has 0 saturated heterocycles. The Hall–Kier alpha value is -1.56. The Bertz CT molecular complexity index is 692. The van der Waals surface area contributed by atoms with Gasteiger partial charge in [-0.25, -0.2) is 0 Å². The van der Waals surface area contributed by atoms with Crippen LogP contribution in [-0.4, -0.2) is 31.1 Å². The van der Waals surface area contributed by atoms with Gasteiger partial charge in [-0.1, -0.05) is 41.4 Å². The van der Waals surface area contributed by atoms with Gasteiger partial charge in [0.25, 0.3) is 0 Å². The second-order valence-corrected chi connectivity index (χ2v) is 7.00. The van der Waals surface area contributed by atoms with Crippen LogP contribution in [0.1, 0.15) is 5.56 Å². The second kappa shape index (κ2) is 10.4. The molecule has 0 radical (unpaired) electrons. The van der Waals surface area contributed by atoms with E-state index in [1.807, 2.05) is 24.3 Å². The largest absolute Gasteiger partial charge is 0.497 e. The van der Waals surface area contributed by atoms with Crippen LogP contribution >= 0.6 is 35.0 Å². The van der Waals surface area contributed by atoms with Crippen LogP contribution in [0.2, 0.25) is 10.0 Å². The summed E-state index contributed by atoms with van der Waals surface area (Å²) in [4.78, 5) is 11.9. The zero-order valence-corrected chi connectivity index (χ0v) is 16.1. The molecule has 0 fully saturated rings. The van der Waals surface area contributed by atoms with Gasteiger partial charge in [-0.3, -0.25) is 4.79 Å². The molecule has 0 bridgehead atoms. The third-order valence-corrected chi connectivity index (χ3v) is 4.77. The number of carbonyl (C=O) groups excluding carboxylic acids is 1. The SMILES string of the molecule is COc1cccc(CNC(=O)CSCCOc2c(Cl)cccc2Cl)c1. The van der Waals surface area contributed by atoms with E-state index in [9.17, 15) is 4.79 Å². The van der Waals surface area contributed by atoms with Crippen molar-refractivity contribution in [3.63, 3.8) is 0 Å². The number of amides is 1. The van der Waals surface area contributed by atoms with Crippen LogP contribution in [0.15, 0.2) is 42.5 Å². The van der Waals surface area contributed by atoms with Crippen LogP contribution in [0.25, 0.3) is 0 Å². The molecule has 0 aliphatic carbocycles. The van der Waals surface area contributed by atoms with Gasteiger partial charge in [0.2, 0.25) is 5.91 Å². The Labute approximate surface area is 161 Å². The first kappa shape index (κ1) is 19.8. The fourth-order valence-corrected chi connectivity index (χ4v) is 3.16. The molecule has 7 heteroatoms. The number of nitrogens with one attached hydrogen (secondary N) is 1. The molecule has 0 heterocycles. The normalized spacial score (nSPS) is 10.4. The maximum atomic E-state index is 11.9. The first-order valence-electron chi connectivity index (χ1n) is 7.64. The summed E-state index contributed by atoms with van der Waals surface area (Å²) in [5.74, 6) is 2.26. The topological polar surface area (TPSA) is 47.6 Å². The summed E-state index contributed by atoms with van der Waals surface area (Å²) in [6.07, 6.45) is 0. The zero-order valence-electron chi connectivity index (χ0n) is 13.8. The molecule has 0 aliphatic rings. The molecule has 0 unspecified atom stereocenters. The number of para-hydroxylation sites is 1. The second-order valence-electron chi connectivity index (χ2n) is 5.08. The van der Waals surface area contributed by atoms with Crippen molar-refractivity contribution in [2.75, 3.05) is 25.2 Å². The fraction of sp³-hybridized carbons (Fsp3) is 0.278. The van der Waals surface area contributed by atoms with E-state index in [-0.39, 0.29) is 5.91 Å². The highest BCUT2D eigenvalue weighted by Crippen LogP contribution is 2.32. The van der Waals surface area contributed by atoms with Crippen molar-refractivity contribution in [1.82, 2.24) is 5.32 Å². The van der Waals surface area contributed by atoms with Gasteiger partial charge >= 0.3 is 0 Å². The molecule has 2 rings (SSSR count). The summed E-state index contributed by atoms with van der Waals surface area (Å²) in [6.45, 7) is 0.902. The van der Waals surface area contributed by atoms with E-state index < -0.39 is 0 Å². The molecule has 0 aromatic heterocycles. The summed E-state index contributed by atoms with van der Waals surface area (Å²) in [5, 5.41) is 3.84. The highest BCUT2D eigenvalue weighted by Gasteiger charge is 2.07. The average molecular weight is 400 g/mol. The number of thioether (sulfide) groups is 1. The molecule has 4 nitrogen and oxygen atoms in total. The predicted octanol–water partition coefficient (Wildman–Crippen LogP) is 4.43. The molecule has 134 valence electrons. The number of benzene rings is 2. The Balaban J connectivity index is 1.64. The molecule has 2 aromatic rings. The number of halogens is 2. The molecule has 1 N–H and O–H groups in total. The summed E-state index contributed by atoms with van der Waals surface area (Å²) in [5.41, 5.74) is 0.995. The van der Waals surface area contributed by atoms with Gasteiger partial charge in [0.05, 0.1) is 29.5 Å². The lowest BCUT2D eigenvalue weighted by Gasteiger charge is -2.10. The number of ether oxygens (including phenoxy) is 2. The Morgan fingerprint density at radius 1 is 1.16 bits per heavy atom. The summed E-state index contributed by atoms with van der Waals surface area (Å²) in [6, 6.07) is 12.8. The molecule has 0 spiro atoms. The number of hydrogen-bond donors (Lipinski definition) is 1. The van der Waals surface area contributed by atoms with Gasteiger partial charge in [-0.15, -0.1) is 11.8 Å². The number of hydrogen-bond acceptors (Lipinski definition) is 4. The van der Waals surface area contributed by atoms with Crippen LogP contribution in [0.5, 0.6) is 11.5 Å². The number of methoxy groups -OCH3 is 1. The molecular formula is C18H19Cl2NO3S. The Kier molecular flexibility index (Phi) is 8.25. The maximum Gasteiger partial charge on any atom is 0.230 e. The lowest BCUT2D eigenvalue weighted by molar-refractivity contribution is -0.118. The molecule has 0 aliphatic heterocycles. The van der Waals surface area contributed by atoms with E-state index in [1.165, 1.54) is 11.8 Å². The zero-order chi connectivity index (χ0) is 18.1. The van der Waals surface area contributed by atoms with Crippen molar-refractivity contribution in [1.29, 1.82) is 0 Å². The third kappa shape index (κ3) is 6.69. The van der Waals surface area contributed by atoms with E-state index in [1.54, 1.807) is 25.3 Å². The van der Waals surface area contributed by atoms with Gasteiger partial charge in [0, 0.05) is 12.3 Å². The van der Waals surface area contributed by atoms with Crippen molar-refractivity contribution >= 4 is 40.9 Å². The third-order valence-electron chi connectivity index (χ3n) is 3.25. The quantitative estimate of drug-likeness (QED) is 0.633. The van der Waals surface area contributed by atoms with E-state index >= 15 is 0 Å². The molecule has 1 amide bonds. The minimum absolute atomic E-state index is 0.0244. The minimum atomic E-state index is -0.0244. The highest BCUT2D eigenvalue weighted by atomic mass is 35.5. The Morgan fingerprint density at radius 2 is 1.88 bits per heavy atom. The fourth-order valence-electron chi connectivity index (χ4n) is 2.02. The van der Waals surface area contributed by atoms with Crippen LogP contribution in [0.4, 0.5) is 0 Å². The van der Waals surface area contributed by atoms with E-state index in [2.05, 4.69) is 5.32 Å². The summed E-state index contributed by atoms with van der Waals surface area (Å²) in [7, 11) is 1.62. The van der Waals surface area contributed by atoms with Gasteiger partial charge in [-0.05, 0) is 29.8 Å². The van der Waals surface area contributed by atoms with Crippen molar-refractivity contribution in [2.45, 2.75) is 6.54 Å². The average Bonchev–Trinajstić information content (AvgIpc) is 2.62. The van der Waals surface area contributed by atoms with E-state index in [0.29, 0.717) is 40.5 Å². The van der Waals surface area contributed by atoms with E-state index in [4.69, 9.17) is 32.7 Å². The van der Waals surface area contributed by atoms with Crippen LogP contribution in [-0.2, 0) is 11.3 Å². The predicted molar refractivity (Wildman–Crippen MR) is 104 cm³/mol. The number of carbonyl (C=O) groups is 1. The van der Waals surface area contributed by atoms with Crippen molar-refractivity contribution in [3.05, 3.63) is 58.1 Å². The lowest BCUT2D eigenvalue weighted by Crippen LogP contribution is -2.25. The first-order valence-corrected chi connectivity index (χ1v) is 9.55. The van der Waals surface area contributed by atoms with Crippen LogP contribution in [0, 0.1) is 0 Å². The molecule has 0 saturated carbocycles. The molecule has 0 atom stereocenters. The van der Waals surface area contributed by atoms with Gasteiger partial charge in [-0.2, -0.15) is 0 Å². The minimum Gasteiger partial charge on any atom is -0.497 e. The van der Waals surface area contributed by atoms with Crippen molar-refractivity contribution in [2.24, 2.45) is 0 Å². The van der Waals surface area contributed by atoms with Crippen molar-refractivity contribution in [3.8, 4) is 11.5 Å². The van der Waals surface area contributed by atoms with Crippen LogP contribution in [0.3, 0.4) is 0 Å². The molecular weight excluding hydrogens is 381 g/mol. The maximum absolute atomic E-state index is 11.9. The van der Waals surface area contributed by atoms with Crippen molar-refractivity contribution < 1.29 is 14.3 Å². The van der Waals surface area contributed by atoms with Gasteiger partial charge in [0.15, 0.2) is 5.75 Å². The van der Waals surface area contributed by atoms with Gasteiger partial charge in [0.1, 0.15) is 5.75 Å². The standard InChI is InChI=1S/C18H19Cl2NO3S/c1-23-14-5-2-4-13(10-14)11-21-17(22)12-25-9-8-24-18-15(19)6-3-7-16(18)20/h2-7,10H,8-9,11-12H2,1H3,(H,21,22). The monoisotopic (exact) mass is 399 g/mol. The smallest absolute Gasteiger partial charge is 0.230 e. The lowest BCUT2D eigenvalue weighted by atomic mass is 10.2. The molecule has 2 aromatic carbocycles. The summed E-state index contributed by atoms with van der Waals surface area (Å²) >= 11 is 13.5. The highest BCUT2D eigenvalue weighted by molar-refractivity contribution is 7.99. The van der Waals surface area contributed by atoms with Gasteiger partial charge < -0.3 is 14.8 Å². The van der Waals surface area contributed by atoms with E-state index in [0.717, 1.165) is 11.3 Å². The first-order chi connectivity index (χ1) is 12.1.